The zero-order chi connectivity index (χ0) is 25.7. The number of esters is 1. The van der Waals surface area contributed by atoms with E-state index in [2.05, 4.69) is 18.5 Å². The lowest BCUT2D eigenvalue weighted by atomic mass is 9.87. The van der Waals surface area contributed by atoms with Gasteiger partial charge in [0.15, 0.2) is 23.0 Å². The molecule has 3 rings (SSSR count). The molecule has 1 N–H and O–H groups in total. The topological polar surface area (TPSA) is 113 Å². The van der Waals surface area contributed by atoms with E-state index in [4.69, 9.17) is 23.7 Å². The molecule has 1 fully saturated rings. The predicted molar refractivity (Wildman–Crippen MR) is 127 cm³/mol. The summed E-state index contributed by atoms with van der Waals surface area (Å²) in [6, 6.07) is 6.55. The summed E-state index contributed by atoms with van der Waals surface area (Å²) < 4.78 is 26.8. The highest BCUT2D eigenvalue weighted by atomic mass is 16.6. The number of benzene rings is 2. The molecule has 1 saturated heterocycles. The summed E-state index contributed by atoms with van der Waals surface area (Å²) in [6.45, 7) is 6.85. The van der Waals surface area contributed by atoms with Crippen molar-refractivity contribution in [2.24, 2.45) is 0 Å². The van der Waals surface area contributed by atoms with Crippen molar-refractivity contribution in [2.45, 2.75) is 12.1 Å². The number of β-lactam (4-membered cyclic amide) rings is 1. The number of carbonyl (C=O) groups is 3. The minimum Gasteiger partial charge on any atom is -0.493 e. The fourth-order valence-corrected chi connectivity index (χ4v) is 3.78. The molecule has 1 aliphatic heterocycles. The Labute approximate surface area is 202 Å². The van der Waals surface area contributed by atoms with Crippen molar-refractivity contribution < 1.29 is 38.1 Å². The maximum Gasteiger partial charge on any atom is 0.335 e. The van der Waals surface area contributed by atoms with E-state index in [-0.39, 0.29) is 11.7 Å². The lowest BCUT2D eigenvalue weighted by Gasteiger charge is -2.47. The van der Waals surface area contributed by atoms with E-state index in [0.29, 0.717) is 34.2 Å². The fourth-order valence-electron chi connectivity index (χ4n) is 3.78. The van der Waals surface area contributed by atoms with Crippen LogP contribution in [0.2, 0.25) is 0 Å². The Balaban J connectivity index is 2.13. The van der Waals surface area contributed by atoms with Gasteiger partial charge in [-0.1, -0.05) is 19.2 Å². The lowest BCUT2D eigenvalue weighted by molar-refractivity contribution is -0.131. The molecule has 2 amide bonds. The van der Waals surface area contributed by atoms with Crippen molar-refractivity contribution in [1.29, 1.82) is 0 Å². The molecule has 2 atom stereocenters. The van der Waals surface area contributed by atoms with Crippen molar-refractivity contribution in [3.05, 3.63) is 61.2 Å². The average Bonchev–Trinajstić information content (AvgIpc) is 2.88. The number of nitrogens with one attached hydrogen (secondary N) is 1. The Bertz CT molecular complexity index is 1150. The third kappa shape index (κ3) is 4.77. The molecule has 10 nitrogen and oxygen atoms in total. The monoisotopic (exact) mass is 482 g/mol. The maximum atomic E-state index is 13.2. The second-order valence-corrected chi connectivity index (χ2v) is 7.26. The van der Waals surface area contributed by atoms with Crippen LogP contribution in [0.15, 0.2) is 55.6 Å². The standard InChI is InChI=1S/C25H26N2O8/c1-7-20(28)26-22-23(14-9-10-16(31-3)17(11-14)35-21(29)8-2)27(25(22)30)15-12-18(32-4)24(34-6)19(13-15)33-5/h7-13,22-23H,1-2H2,3-6H3,(H,26,28)/t22?,23-/m0/s1. The predicted octanol–water partition coefficient (Wildman–Crippen LogP) is 2.57. The van der Waals surface area contributed by atoms with Crippen LogP contribution >= 0.6 is 0 Å². The molecule has 1 unspecified atom stereocenters. The molecule has 2 aromatic carbocycles. The van der Waals surface area contributed by atoms with Crippen molar-refractivity contribution in [3.63, 3.8) is 0 Å². The molecule has 35 heavy (non-hydrogen) atoms. The molecule has 1 aliphatic rings. The van der Waals surface area contributed by atoms with Gasteiger partial charge in [0, 0.05) is 18.2 Å². The molecule has 10 heteroatoms. The summed E-state index contributed by atoms with van der Waals surface area (Å²) in [7, 11) is 5.84. The molecule has 0 aliphatic carbocycles. The van der Waals surface area contributed by atoms with Crippen LogP contribution in [-0.2, 0) is 14.4 Å². The van der Waals surface area contributed by atoms with Gasteiger partial charge < -0.3 is 33.9 Å². The highest BCUT2D eigenvalue weighted by molar-refractivity contribution is 6.08. The van der Waals surface area contributed by atoms with Crippen LogP contribution in [0, 0.1) is 0 Å². The molecule has 0 spiro atoms. The highest BCUT2D eigenvalue weighted by Crippen LogP contribution is 2.47. The number of amides is 2. The summed E-state index contributed by atoms with van der Waals surface area (Å²) in [6.07, 6.45) is 2.10. The zero-order valence-electron chi connectivity index (χ0n) is 19.8. The second kappa shape index (κ2) is 10.6. The molecule has 2 aromatic rings. The number of ether oxygens (including phenoxy) is 5. The van der Waals surface area contributed by atoms with Gasteiger partial charge in [0.1, 0.15) is 6.04 Å². The van der Waals surface area contributed by atoms with Gasteiger partial charge in [-0.25, -0.2) is 4.79 Å². The summed E-state index contributed by atoms with van der Waals surface area (Å²) >= 11 is 0. The lowest BCUT2D eigenvalue weighted by Crippen LogP contribution is -2.65. The van der Waals surface area contributed by atoms with E-state index >= 15 is 0 Å². The smallest absolute Gasteiger partial charge is 0.335 e. The SMILES string of the molecule is C=CC(=O)NC1C(=O)N(c2cc(OC)c(OC)c(OC)c2)[C@H]1c1ccc(OC)c(OC(=O)C=C)c1. The number of carbonyl (C=O) groups excluding carboxylic acids is 3. The third-order valence-electron chi connectivity index (χ3n) is 5.41. The van der Waals surface area contributed by atoms with Crippen molar-refractivity contribution in [2.75, 3.05) is 33.3 Å². The summed E-state index contributed by atoms with van der Waals surface area (Å²) in [5.74, 6) is -0.0613. The quantitative estimate of drug-likeness (QED) is 0.238. The first-order valence-corrected chi connectivity index (χ1v) is 10.4. The van der Waals surface area contributed by atoms with Crippen molar-refractivity contribution in [3.8, 4) is 28.7 Å². The van der Waals surface area contributed by atoms with E-state index in [1.54, 1.807) is 30.3 Å². The van der Waals surface area contributed by atoms with Gasteiger partial charge in [-0.3, -0.25) is 9.59 Å². The Morgan fingerprint density at radius 1 is 0.886 bits per heavy atom. The molecule has 184 valence electrons. The number of anilines is 1. The van der Waals surface area contributed by atoms with Crippen LogP contribution < -0.4 is 33.9 Å². The first-order valence-electron chi connectivity index (χ1n) is 10.4. The Morgan fingerprint density at radius 2 is 1.51 bits per heavy atom. The van der Waals surface area contributed by atoms with Gasteiger partial charge in [-0.2, -0.15) is 0 Å². The van der Waals surface area contributed by atoms with Crippen molar-refractivity contribution in [1.82, 2.24) is 5.32 Å². The fraction of sp³-hybridized carbons (Fsp3) is 0.240. The second-order valence-electron chi connectivity index (χ2n) is 7.26. The molecule has 0 bridgehead atoms. The van der Waals surface area contributed by atoms with E-state index in [9.17, 15) is 14.4 Å². The van der Waals surface area contributed by atoms with Crippen LogP contribution in [0.1, 0.15) is 11.6 Å². The van der Waals surface area contributed by atoms with Gasteiger partial charge >= 0.3 is 5.97 Å². The van der Waals surface area contributed by atoms with Crippen molar-refractivity contribution >= 4 is 23.5 Å². The van der Waals surface area contributed by atoms with Gasteiger partial charge in [0.25, 0.3) is 5.91 Å². The maximum absolute atomic E-state index is 13.2. The number of rotatable bonds is 10. The zero-order valence-corrected chi connectivity index (χ0v) is 19.8. The van der Waals surface area contributed by atoms with E-state index < -0.39 is 24.0 Å². The molecule has 0 radical (unpaired) electrons. The minimum atomic E-state index is -0.907. The van der Waals surface area contributed by atoms with Gasteiger partial charge in [-0.15, -0.1) is 0 Å². The minimum absolute atomic E-state index is 0.132. The first kappa shape index (κ1) is 25.2. The van der Waals surface area contributed by atoms with E-state index in [1.165, 1.54) is 33.3 Å². The van der Waals surface area contributed by atoms with E-state index in [0.717, 1.165) is 12.2 Å². The first-order chi connectivity index (χ1) is 16.8. The van der Waals surface area contributed by atoms with Crippen LogP contribution in [0.5, 0.6) is 28.7 Å². The number of hydrogen-bond acceptors (Lipinski definition) is 8. The average molecular weight is 482 g/mol. The summed E-state index contributed by atoms with van der Waals surface area (Å²) in [5.41, 5.74) is 1.01. The summed E-state index contributed by atoms with van der Waals surface area (Å²) in [5, 5.41) is 2.65. The van der Waals surface area contributed by atoms with Crippen LogP contribution in [0.3, 0.4) is 0 Å². The summed E-state index contributed by atoms with van der Waals surface area (Å²) in [4.78, 5) is 38.6. The Morgan fingerprint density at radius 3 is 2.03 bits per heavy atom. The largest absolute Gasteiger partial charge is 0.493 e. The van der Waals surface area contributed by atoms with Gasteiger partial charge in [0.05, 0.1) is 40.2 Å². The molecule has 0 saturated carbocycles. The molecular weight excluding hydrogens is 456 g/mol. The molecular formula is C25H26N2O8. The number of nitrogens with zero attached hydrogens (tertiary/aromatic N) is 1. The Kier molecular flexibility index (Phi) is 7.65. The van der Waals surface area contributed by atoms with Crippen LogP contribution in [0.25, 0.3) is 0 Å². The van der Waals surface area contributed by atoms with Crippen LogP contribution in [0.4, 0.5) is 5.69 Å². The number of hydrogen-bond donors (Lipinski definition) is 1. The number of methoxy groups -OCH3 is 4. The van der Waals surface area contributed by atoms with Crippen LogP contribution in [-0.4, -0.2) is 52.3 Å². The molecule has 1 heterocycles. The molecule has 0 aromatic heterocycles. The van der Waals surface area contributed by atoms with Gasteiger partial charge in [-0.05, 0) is 23.8 Å². The third-order valence-corrected chi connectivity index (χ3v) is 5.41. The Hall–Kier alpha value is -4.47. The highest BCUT2D eigenvalue weighted by Gasteiger charge is 2.50. The van der Waals surface area contributed by atoms with Gasteiger partial charge in [0.2, 0.25) is 11.7 Å². The van der Waals surface area contributed by atoms with E-state index in [1.807, 2.05) is 0 Å². The normalized spacial score (nSPS) is 16.5.